The number of aliphatic hydroxyl groups is 1. The van der Waals surface area contributed by atoms with Gasteiger partial charge >= 0.3 is 0 Å². The Morgan fingerprint density at radius 1 is 1.21 bits per heavy atom. The first kappa shape index (κ1) is 11.0. The quantitative estimate of drug-likeness (QED) is 0.703. The third-order valence-electron chi connectivity index (χ3n) is 2.40. The van der Waals surface area contributed by atoms with Crippen molar-refractivity contribution in [2.45, 2.75) is 33.0 Å². The second-order valence-electron chi connectivity index (χ2n) is 3.21. The number of aryl methyl sites for hydroxylation is 2. The molecule has 0 saturated carbocycles. The molecule has 0 aromatic heterocycles. The lowest BCUT2D eigenvalue weighted by atomic mass is 9.99. The Balaban J connectivity index is 3.31. The Labute approximate surface area is 83.6 Å². The van der Waals surface area contributed by atoms with E-state index in [4.69, 9.17) is 5.11 Å². The summed E-state index contributed by atoms with van der Waals surface area (Å²) in [6, 6.07) is 3.58. The van der Waals surface area contributed by atoms with Crippen molar-refractivity contribution < 1.29 is 15.3 Å². The molecule has 0 spiro atoms. The van der Waals surface area contributed by atoms with E-state index in [0.717, 1.165) is 0 Å². The van der Waals surface area contributed by atoms with Crippen molar-refractivity contribution in [1.29, 1.82) is 0 Å². The minimum atomic E-state index is -1.85. The molecule has 1 rings (SSSR count). The average Bonchev–Trinajstić information content (AvgIpc) is 2.16. The van der Waals surface area contributed by atoms with Gasteiger partial charge < -0.3 is 15.3 Å². The fourth-order valence-corrected chi connectivity index (χ4v) is 1.56. The fraction of sp³-hybridized carbons (Fsp3) is 0.455. The van der Waals surface area contributed by atoms with E-state index in [9.17, 15) is 10.2 Å². The molecule has 78 valence electrons. The van der Waals surface area contributed by atoms with Crippen molar-refractivity contribution in [3.8, 4) is 5.75 Å². The molecule has 0 saturated heterocycles. The normalized spacial score (nSPS) is 12.9. The van der Waals surface area contributed by atoms with Crippen LogP contribution in [-0.2, 0) is 12.8 Å². The highest BCUT2D eigenvalue weighted by molar-refractivity contribution is 5.46. The van der Waals surface area contributed by atoms with Gasteiger partial charge in [0.2, 0.25) is 0 Å². The molecule has 3 heteroatoms. The highest BCUT2D eigenvalue weighted by atomic mass is 16.5. The van der Waals surface area contributed by atoms with E-state index in [0.29, 0.717) is 24.0 Å². The minimum Gasteiger partial charge on any atom is -0.828 e. The van der Waals surface area contributed by atoms with Gasteiger partial charge in [-0.2, -0.15) is 0 Å². The number of rotatable bonds is 3. The van der Waals surface area contributed by atoms with Crippen LogP contribution in [0, 0.1) is 0 Å². The van der Waals surface area contributed by atoms with Gasteiger partial charge in [0.1, 0.15) is 5.75 Å². The molecule has 0 fully saturated rings. The minimum absolute atomic E-state index is 0.0469. The van der Waals surface area contributed by atoms with Crippen LogP contribution in [0.25, 0.3) is 0 Å². The van der Waals surface area contributed by atoms with Crippen LogP contribution in [0.15, 0.2) is 12.1 Å². The summed E-state index contributed by atoms with van der Waals surface area (Å²) in [4.78, 5) is 0. The monoisotopic (exact) mass is 195 g/mol. The van der Waals surface area contributed by atoms with E-state index in [-0.39, 0.29) is 11.3 Å². The first-order chi connectivity index (χ1) is 6.61. The van der Waals surface area contributed by atoms with E-state index in [1.54, 1.807) is 12.1 Å². The lowest BCUT2D eigenvalue weighted by Crippen LogP contribution is -2.16. The van der Waals surface area contributed by atoms with Crippen LogP contribution in [0.1, 0.15) is 36.8 Å². The summed E-state index contributed by atoms with van der Waals surface area (Å²) >= 11 is 0. The van der Waals surface area contributed by atoms with Crippen molar-refractivity contribution in [3.63, 3.8) is 0 Å². The highest BCUT2D eigenvalue weighted by Crippen LogP contribution is 2.30. The largest absolute Gasteiger partial charge is 0.828 e. The van der Waals surface area contributed by atoms with Crippen molar-refractivity contribution in [1.82, 2.24) is 0 Å². The van der Waals surface area contributed by atoms with E-state index < -0.39 is 6.29 Å². The Morgan fingerprint density at radius 3 is 2.14 bits per heavy atom. The molecule has 0 aliphatic heterocycles. The summed E-state index contributed by atoms with van der Waals surface area (Å²) < 4.78 is 0. The van der Waals surface area contributed by atoms with Crippen molar-refractivity contribution in [2.24, 2.45) is 0 Å². The molecule has 1 atom stereocenters. The van der Waals surface area contributed by atoms with Crippen LogP contribution in [0.4, 0.5) is 0 Å². The van der Waals surface area contributed by atoms with E-state index in [2.05, 4.69) is 0 Å². The zero-order chi connectivity index (χ0) is 10.7. The summed E-state index contributed by atoms with van der Waals surface area (Å²) in [5.74, 6) is -0.0469. The Hall–Kier alpha value is -1.06. The number of hydrogen-bond donors (Lipinski definition) is 2. The van der Waals surface area contributed by atoms with Gasteiger partial charge in [0.15, 0.2) is 0 Å². The zero-order valence-electron chi connectivity index (χ0n) is 8.45. The number of benzene rings is 1. The third kappa shape index (κ3) is 1.89. The molecule has 1 aromatic rings. The van der Waals surface area contributed by atoms with Crippen molar-refractivity contribution >= 4 is 0 Å². The summed E-state index contributed by atoms with van der Waals surface area (Å²) in [7, 11) is 0. The maximum Gasteiger partial charge on any atom is 0.123 e. The number of aliphatic hydroxyl groups excluding tert-OH is 1. The number of hydrogen-bond acceptors (Lipinski definition) is 3. The molecule has 2 N–H and O–H groups in total. The molecule has 0 radical (unpaired) electrons. The summed E-state index contributed by atoms with van der Waals surface area (Å²) in [5.41, 5.74) is 1.54. The Bertz CT molecular complexity index is 319. The standard InChI is InChI=1S/C11H15O3/c1-3-7-5-6-8(4-2)10(12)9(7)11(13)14/h5-6,11-13H,3-4H2,1-2H3/q-1. The summed E-state index contributed by atoms with van der Waals surface area (Å²) in [6.45, 7) is 3.77. The van der Waals surface area contributed by atoms with Crippen LogP contribution in [0.5, 0.6) is 5.75 Å². The van der Waals surface area contributed by atoms with Gasteiger partial charge in [-0.15, -0.1) is 0 Å². The third-order valence-corrected chi connectivity index (χ3v) is 2.40. The second kappa shape index (κ2) is 4.44. The number of aromatic hydroxyl groups is 1. The molecule has 0 amide bonds. The molecule has 1 aromatic carbocycles. The van der Waals surface area contributed by atoms with Crippen LogP contribution < -0.4 is 5.11 Å². The average molecular weight is 195 g/mol. The van der Waals surface area contributed by atoms with Gasteiger partial charge in [0.25, 0.3) is 0 Å². The lowest BCUT2D eigenvalue weighted by molar-refractivity contribution is -0.490. The van der Waals surface area contributed by atoms with Gasteiger partial charge in [-0.1, -0.05) is 26.0 Å². The fourth-order valence-electron chi connectivity index (χ4n) is 1.56. The van der Waals surface area contributed by atoms with Crippen LogP contribution >= 0.6 is 0 Å². The summed E-state index contributed by atoms with van der Waals surface area (Å²) in [5, 5.41) is 29.7. The number of phenolic OH excluding ortho intramolecular Hbond substituents is 1. The van der Waals surface area contributed by atoms with Crippen LogP contribution in [0.3, 0.4) is 0 Å². The molecule has 0 aliphatic carbocycles. The van der Waals surface area contributed by atoms with Crippen molar-refractivity contribution in [3.05, 3.63) is 28.8 Å². The van der Waals surface area contributed by atoms with Gasteiger partial charge in [-0.05, 0) is 24.0 Å². The number of phenols is 1. The molecule has 1 unspecified atom stereocenters. The second-order valence-corrected chi connectivity index (χ2v) is 3.21. The molecular weight excluding hydrogens is 180 g/mol. The topological polar surface area (TPSA) is 63.5 Å². The van der Waals surface area contributed by atoms with Crippen LogP contribution in [-0.4, -0.2) is 10.2 Å². The van der Waals surface area contributed by atoms with Crippen molar-refractivity contribution in [2.75, 3.05) is 0 Å². The Kier molecular flexibility index (Phi) is 3.49. The molecule has 3 nitrogen and oxygen atoms in total. The van der Waals surface area contributed by atoms with E-state index >= 15 is 0 Å². The van der Waals surface area contributed by atoms with Gasteiger partial charge in [0.05, 0.1) is 0 Å². The van der Waals surface area contributed by atoms with E-state index in [1.165, 1.54) is 0 Å². The van der Waals surface area contributed by atoms with E-state index in [1.807, 2.05) is 13.8 Å². The predicted octanol–water partition coefficient (Wildman–Crippen LogP) is 0.868. The first-order valence-electron chi connectivity index (χ1n) is 4.79. The molecule has 0 heterocycles. The molecule has 0 bridgehead atoms. The van der Waals surface area contributed by atoms with Gasteiger partial charge in [-0.3, -0.25) is 0 Å². The first-order valence-corrected chi connectivity index (χ1v) is 4.79. The molecular formula is C11H15O3-. The van der Waals surface area contributed by atoms with Gasteiger partial charge in [0, 0.05) is 11.9 Å². The zero-order valence-corrected chi connectivity index (χ0v) is 8.45. The lowest BCUT2D eigenvalue weighted by Gasteiger charge is -2.21. The smallest absolute Gasteiger partial charge is 0.123 e. The predicted molar refractivity (Wildman–Crippen MR) is 51.8 cm³/mol. The SMILES string of the molecule is CCc1ccc(CC)c(C([O-])O)c1O. The Morgan fingerprint density at radius 2 is 1.71 bits per heavy atom. The highest BCUT2D eigenvalue weighted by Gasteiger charge is 2.11. The summed E-state index contributed by atoms with van der Waals surface area (Å²) in [6.07, 6.45) is -0.571. The van der Waals surface area contributed by atoms with Crippen LogP contribution in [0.2, 0.25) is 0 Å². The van der Waals surface area contributed by atoms with Gasteiger partial charge in [-0.25, -0.2) is 0 Å². The maximum absolute atomic E-state index is 11.0. The maximum atomic E-state index is 11.0. The molecule has 0 aliphatic rings. The molecule has 14 heavy (non-hydrogen) atoms.